The summed E-state index contributed by atoms with van der Waals surface area (Å²) in [5.74, 6) is -1.33. The minimum Gasteiger partial charge on any atom is -0.459 e. The molecule has 0 aromatic heterocycles. The van der Waals surface area contributed by atoms with Crippen molar-refractivity contribution in [2.45, 2.75) is 26.1 Å². The molecule has 0 bridgehead atoms. The minimum atomic E-state index is -1.34. The zero-order valence-electron chi connectivity index (χ0n) is 10.5. The zero-order valence-corrected chi connectivity index (χ0v) is 10.5. The molecule has 0 aromatic carbocycles. The summed E-state index contributed by atoms with van der Waals surface area (Å²) in [4.78, 5) is 22.0. The molecule has 2 atom stereocenters. The Bertz CT molecular complexity index is 312. The molecular formula is C12H18O6. The molecule has 0 radical (unpaired) electrons. The van der Waals surface area contributed by atoms with Crippen LogP contribution < -0.4 is 0 Å². The number of hydrogen-bond acceptors (Lipinski definition) is 6. The normalized spacial score (nSPS) is 13.3. The molecule has 0 fully saturated rings. The maximum atomic E-state index is 11.0. The number of carbonyl (C=O) groups excluding carboxylic acids is 2. The van der Waals surface area contributed by atoms with Crippen LogP contribution in [0.4, 0.5) is 0 Å². The first kappa shape index (κ1) is 16.3. The van der Waals surface area contributed by atoms with Crippen molar-refractivity contribution < 1.29 is 29.3 Å². The van der Waals surface area contributed by atoms with E-state index in [0.29, 0.717) is 0 Å². The van der Waals surface area contributed by atoms with Crippen molar-refractivity contribution in [1.82, 2.24) is 0 Å². The molecule has 18 heavy (non-hydrogen) atoms. The molecule has 6 nitrogen and oxygen atoms in total. The van der Waals surface area contributed by atoms with Crippen molar-refractivity contribution in [3.63, 3.8) is 0 Å². The van der Waals surface area contributed by atoms with Crippen molar-refractivity contribution in [3.05, 3.63) is 24.3 Å². The highest BCUT2D eigenvalue weighted by atomic mass is 16.6. The van der Waals surface area contributed by atoms with E-state index >= 15 is 0 Å². The molecule has 0 rings (SSSR count). The fourth-order valence-corrected chi connectivity index (χ4v) is 0.791. The van der Waals surface area contributed by atoms with Gasteiger partial charge in [0.25, 0.3) is 0 Å². The van der Waals surface area contributed by atoms with Crippen LogP contribution in [-0.4, -0.2) is 47.6 Å². The van der Waals surface area contributed by atoms with Crippen LogP contribution in [0.2, 0.25) is 0 Å². The van der Waals surface area contributed by atoms with Crippen LogP contribution in [0.25, 0.3) is 0 Å². The van der Waals surface area contributed by atoms with Gasteiger partial charge in [-0.1, -0.05) is 13.2 Å². The highest BCUT2D eigenvalue weighted by Gasteiger charge is 2.20. The van der Waals surface area contributed by atoms with Crippen molar-refractivity contribution in [2.75, 3.05) is 13.2 Å². The Morgan fingerprint density at radius 2 is 1.22 bits per heavy atom. The first-order valence-electron chi connectivity index (χ1n) is 5.27. The molecule has 0 spiro atoms. The Hall–Kier alpha value is -1.66. The predicted octanol–water partition coefficient (Wildman–Crippen LogP) is -0.0532. The van der Waals surface area contributed by atoms with Crippen LogP contribution in [0.3, 0.4) is 0 Å². The average molecular weight is 258 g/mol. The molecule has 0 aromatic rings. The van der Waals surface area contributed by atoms with Gasteiger partial charge in [-0.25, -0.2) is 9.59 Å². The van der Waals surface area contributed by atoms with Crippen molar-refractivity contribution in [2.24, 2.45) is 0 Å². The molecule has 6 heteroatoms. The third-order valence-corrected chi connectivity index (χ3v) is 1.91. The lowest BCUT2D eigenvalue weighted by molar-refractivity contribution is -0.151. The standard InChI is InChI=1S/C12H18O6/c1-7(2)11(15)17-5-9(13)10(14)6-18-12(16)8(3)4/h9-10,13-14H,1,3,5-6H2,2,4H3/t9-,10+. The molecule has 0 aliphatic carbocycles. The van der Waals surface area contributed by atoms with E-state index in [1.807, 2.05) is 0 Å². The third kappa shape index (κ3) is 6.17. The lowest BCUT2D eigenvalue weighted by Gasteiger charge is -2.17. The van der Waals surface area contributed by atoms with Gasteiger partial charge in [-0.2, -0.15) is 0 Å². The van der Waals surface area contributed by atoms with E-state index < -0.39 is 37.4 Å². The summed E-state index contributed by atoms with van der Waals surface area (Å²) in [5.41, 5.74) is 0.371. The zero-order chi connectivity index (χ0) is 14.3. The lowest BCUT2D eigenvalue weighted by Crippen LogP contribution is -2.35. The van der Waals surface area contributed by atoms with E-state index in [1.54, 1.807) is 0 Å². The Balaban J connectivity index is 4.00. The number of aliphatic hydroxyl groups excluding tert-OH is 2. The fraction of sp³-hybridized carbons (Fsp3) is 0.500. The molecule has 0 saturated carbocycles. The summed E-state index contributed by atoms with van der Waals surface area (Å²) >= 11 is 0. The van der Waals surface area contributed by atoms with Gasteiger partial charge in [-0.3, -0.25) is 0 Å². The van der Waals surface area contributed by atoms with Gasteiger partial charge >= 0.3 is 11.9 Å². The molecule has 0 aliphatic rings. The van der Waals surface area contributed by atoms with E-state index in [-0.39, 0.29) is 11.1 Å². The Morgan fingerprint density at radius 1 is 0.944 bits per heavy atom. The van der Waals surface area contributed by atoms with Gasteiger partial charge in [0.1, 0.15) is 25.4 Å². The molecular weight excluding hydrogens is 240 g/mol. The number of rotatable bonds is 7. The molecule has 0 unspecified atom stereocenters. The average Bonchev–Trinajstić information content (AvgIpc) is 2.31. The highest BCUT2D eigenvalue weighted by molar-refractivity contribution is 5.87. The Labute approximate surface area is 106 Å². The van der Waals surface area contributed by atoms with Gasteiger partial charge in [-0.05, 0) is 13.8 Å². The smallest absolute Gasteiger partial charge is 0.333 e. The summed E-state index contributed by atoms with van der Waals surface area (Å²) < 4.78 is 9.27. The number of esters is 2. The first-order chi connectivity index (χ1) is 8.25. The second-order valence-corrected chi connectivity index (χ2v) is 3.89. The van der Waals surface area contributed by atoms with E-state index in [1.165, 1.54) is 13.8 Å². The van der Waals surface area contributed by atoms with Gasteiger partial charge in [0, 0.05) is 11.1 Å². The number of aliphatic hydroxyl groups is 2. The van der Waals surface area contributed by atoms with Crippen LogP contribution in [0.15, 0.2) is 24.3 Å². The first-order valence-corrected chi connectivity index (χ1v) is 5.27. The maximum Gasteiger partial charge on any atom is 0.333 e. The van der Waals surface area contributed by atoms with Gasteiger partial charge in [0.05, 0.1) is 0 Å². The number of hydrogen-bond donors (Lipinski definition) is 2. The predicted molar refractivity (Wildman–Crippen MR) is 63.6 cm³/mol. The van der Waals surface area contributed by atoms with Crippen molar-refractivity contribution in [1.29, 1.82) is 0 Å². The quantitative estimate of drug-likeness (QED) is 0.491. The summed E-state index contributed by atoms with van der Waals surface area (Å²) in [7, 11) is 0. The summed E-state index contributed by atoms with van der Waals surface area (Å²) in [6, 6.07) is 0. The summed E-state index contributed by atoms with van der Waals surface area (Å²) in [6.07, 6.45) is -2.68. The second-order valence-electron chi connectivity index (χ2n) is 3.89. The van der Waals surface area contributed by atoms with Crippen LogP contribution in [-0.2, 0) is 19.1 Å². The van der Waals surface area contributed by atoms with E-state index in [0.717, 1.165) is 0 Å². The molecule has 0 amide bonds. The molecule has 102 valence electrons. The van der Waals surface area contributed by atoms with Crippen molar-refractivity contribution in [3.8, 4) is 0 Å². The van der Waals surface area contributed by atoms with Crippen LogP contribution in [0, 0.1) is 0 Å². The number of carbonyl (C=O) groups is 2. The van der Waals surface area contributed by atoms with Crippen molar-refractivity contribution >= 4 is 11.9 Å². The van der Waals surface area contributed by atoms with Crippen LogP contribution in [0.5, 0.6) is 0 Å². The monoisotopic (exact) mass is 258 g/mol. The van der Waals surface area contributed by atoms with Gasteiger partial charge < -0.3 is 19.7 Å². The highest BCUT2D eigenvalue weighted by Crippen LogP contribution is 2.01. The molecule has 2 N–H and O–H groups in total. The van der Waals surface area contributed by atoms with Gasteiger partial charge in [-0.15, -0.1) is 0 Å². The fourth-order valence-electron chi connectivity index (χ4n) is 0.791. The largest absolute Gasteiger partial charge is 0.459 e. The van der Waals surface area contributed by atoms with E-state index in [9.17, 15) is 19.8 Å². The SMILES string of the molecule is C=C(C)C(=O)OC[C@@H](O)[C@@H](O)COC(=O)C(=C)C. The van der Waals surface area contributed by atoms with Crippen LogP contribution in [0.1, 0.15) is 13.8 Å². The van der Waals surface area contributed by atoms with E-state index in [4.69, 9.17) is 0 Å². The molecule has 0 aliphatic heterocycles. The third-order valence-electron chi connectivity index (χ3n) is 1.91. The van der Waals surface area contributed by atoms with Gasteiger partial charge in [0.2, 0.25) is 0 Å². The van der Waals surface area contributed by atoms with Gasteiger partial charge in [0.15, 0.2) is 0 Å². The molecule has 0 saturated heterocycles. The molecule has 0 heterocycles. The summed E-state index contributed by atoms with van der Waals surface area (Å²) in [6.45, 7) is 8.82. The number of ether oxygens (including phenoxy) is 2. The minimum absolute atomic E-state index is 0.186. The lowest BCUT2D eigenvalue weighted by atomic mass is 10.2. The van der Waals surface area contributed by atoms with Crippen LogP contribution >= 0.6 is 0 Å². The summed E-state index contributed by atoms with van der Waals surface area (Å²) in [5, 5.41) is 18.9. The topological polar surface area (TPSA) is 93.1 Å². The Morgan fingerprint density at radius 3 is 1.44 bits per heavy atom. The Kier molecular flexibility index (Phi) is 6.92. The van der Waals surface area contributed by atoms with E-state index in [2.05, 4.69) is 22.6 Å². The second kappa shape index (κ2) is 7.62. The maximum absolute atomic E-state index is 11.0.